The van der Waals surface area contributed by atoms with Crippen LogP contribution in [-0.4, -0.2) is 52.6 Å². The second-order valence-corrected chi connectivity index (χ2v) is 9.82. The van der Waals surface area contributed by atoms with Crippen LogP contribution in [0.1, 0.15) is 54.5 Å². The molecule has 0 bridgehead atoms. The Morgan fingerprint density at radius 2 is 1.94 bits per heavy atom. The number of nitrogens with one attached hydrogen (secondary N) is 1. The van der Waals surface area contributed by atoms with Crippen molar-refractivity contribution in [3.8, 4) is 0 Å². The first-order chi connectivity index (χ1) is 16.0. The molecular formula is C26H33N5O2. The molecule has 1 atom stereocenters. The van der Waals surface area contributed by atoms with Gasteiger partial charge in [0.1, 0.15) is 0 Å². The van der Waals surface area contributed by atoms with Crippen LogP contribution in [0.2, 0.25) is 0 Å². The Morgan fingerprint density at radius 3 is 2.76 bits per heavy atom. The number of fused-ring (bicyclic) bond motifs is 1. The van der Waals surface area contributed by atoms with Gasteiger partial charge >= 0.3 is 0 Å². The van der Waals surface area contributed by atoms with Gasteiger partial charge in [-0.25, -0.2) is 0 Å². The van der Waals surface area contributed by atoms with E-state index in [1.165, 1.54) is 24.0 Å². The van der Waals surface area contributed by atoms with E-state index in [1.54, 1.807) is 0 Å². The molecule has 0 spiro atoms. The Labute approximate surface area is 195 Å². The molecule has 7 heteroatoms. The number of anilines is 1. The summed E-state index contributed by atoms with van der Waals surface area (Å²) in [5.41, 5.74) is 4.81. The van der Waals surface area contributed by atoms with Crippen molar-refractivity contribution in [3.63, 3.8) is 0 Å². The van der Waals surface area contributed by atoms with Crippen molar-refractivity contribution < 1.29 is 9.59 Å². The van der Waals surface area contributed by atoms with Crippen LogP contribution in [0.3, 0.4) is 0 Å². The molecule has 1 N–H and O–H groups in total. The van der Waals surface area contributed by atoms with Gasteiger partial charge in [-0.15, -0.1) is 5.10 Å². The van der Waals surface area contributed by atoms with Gasteiger partial charge in [0, 0.05) is 38.6 Å². The van der Waals surface area contributed by atoms with Gasteiger partial charge in [-0.3, -0.25) is 9.59 Å². The number of aromatic nitrogens is 2. The number of likely N-dealkylation sites (tertiary alicyclic amines) is 1. The molecule has 2 saturated heterocycles. The molecule has 2 amide bonds. The monoisotopic (exact) mass is 447 g/mol. The summed E-state index contributed by atoms with van der Waals surface area (Å²) in [6.45, 7) is 4.85. The SMILES string of the molecule is Cc1cccc(CN2CC(C(=O)NC3CCN(c4cc5c(nn4)CCCC5)CC3)CC2=O)c1. The average Bonchev–Trinajstić information content (AvgIpc) is 3.19. The third-order valence-electron chi connectivity index (χ3n) is 7.26. The van der Waals surface area contributed by atoms with E-state index in [2.05, 4.69) is 45.5 Å². The predicted molar refractivity (Wildman–Crippen MR) is 127 cm³/mol. The van der Waals surface area contributed by atoms with Crippen molar-refractivity contribution in [3.05, 3.63) is 52.7 Å². The van der Waals surface area contributed by atoms with Crippen LogP contribution in [0.25, 0.3) is 0 Å². The molecule has 1 unspecified atom stereocenters. The Morgan fingerprint density at radius 1 is 1.12 bits per heavy atom. The van der Waals surface area contributed by atoms with E-state index in [9.17, 15) is 9.59 Å². The molecule has 3 aliphatic rings. The van der Waals surface area contributed by atoms with Gasteiger partial charge in [0.2, 0.25) is 11.8 Å². The van der Waals surface area contributed by atoms with Crippen LogP contribution >= 0.6 is 0 Å². The van der Waals surface area contributed by atoms with E-state index >= 15 is 0 Å². The number of carbonyl (C=O) groups excluding carboxylic acids is 2. The third-order valence-corrected chi connectivity index (χ3v) is 7.26. The van der Waals surface area contributed by atoms with Crippen molar-refractivity contribution in [1.82, 2.24) is 20.4 Å². The van der Waals surface area contributed by atoms with E-state index in [1.807, 2.05) is 17.0 Å². The first kappa shape index (κ1) is 21.9. The van der Waals surface area contributed by atoms with Crippen LogP contribution in [0.5, 0.6) is 0 Å². The molecule has 0 radical (unpaired) electrons. The van der Waals surface area contributed by atoms with Crippen LogP contribution < -0.4 is 10.2 Å². The smallest absolute Gasteiger partial charge is 0.225 e. The molecule has 1 aliphatic carbocycles. The zero-order valence-electron chi connectivity index (χ0n) is 19.4. The number of hydrogen-bond acceptors (Lipinski definition) is 5. The van der Waals surface area contributed by atoms with Crippen LogP contribution in [0.4, 0.5) is 5.82 Å². The molecule has 7 nitrogen and oxygen atoms in total. The van der Waals surface area contributed by atoms with Crippen molar-refractivity contribution >= 4 is 17.6 Å². The number of nitrogens with zero attached hydrogens (tertiary/aromatic N) is 4. The minimum atomic E-state index is -0.258. The van der Waals surface area contributed by atoms with Gasteiger partial charge in [0.05, 0.1) is 11.6 Å². The topological polar surface area (TPSA) is 78.4 Å². The molecule has 2 aromatic rings. The van der Waals surface area contributed by atoms with E-state index < -0.39 is 0 Å². The molecule has 0 saturated carbocycles. The lowest BCUT2D eigenvalue weighted by Crippen LogP contribution is -2.47. The fraction of sp³-hybridized carbons (Fsp3) is 0.538. The van der Waals surface area contributed by atoms with E-state index in [-0.39, 0.29) is 23.8 Å². The van der Waals surface area contributed by atoms with Crippen LogP contribution in [-0.2, 0) is 29.0 Å². The number of carbonyl (C=O) groups is 2. The second kappa shape index (κ2) is 9.49. The van der Waals surface area contributed by atoms with Gasteiger partial charge < -0.3 is 15.1 Å². The summed E-state index contributed by atoms with van der Waals surface area (Å²) in [6, 6.07) is 10.6. The summed E-state index contributed by atoms with van der Waals surface area (Å²) >= 11 is 0. The van der Waals surface area contributed by atoms with E-state index in [0.29, 0.717) is 19.5 Å². The third kappa shape index (κ3) is 5.02. The van der Waals surface area contributed by atoms with Gasteiger partial charge in [-0.1, -0.05) is 29.8 Å². The molecule has 1 aromatic heterocycles. The van der Waals surface area contributed by atoms with Gasteiger partial charge in [0.25, 0.3) is 0 Å². The minimum Gasteiger partial charge on any atom is -0.355 e. The summed E-state index contributed by atoms with van der Waals surface area (Å²) < 4.78 is 0. The Hall–Kier alpha value is -2.96. The summed E-state index contributed by atoms with van der Waals surface area (Å²) in [7, 11) is 0. The van der Waals surface area contributed by atoms with Gasteiger partial charge in [-0.2, -0.15) is 5.10 Å². The zero-order valence-corrected chi connectivity index (χ0v) is 19.4. The molecular weight excluding hydrogens is 414 g/mol. The first-order valence-corrected chi connectivity index (χ1v) is 12.3. The summed E-state index contributed by atoms with van der Waals surface area (Å²) in [5.74, 6) is 0.792. The quantitative estimate of drug-likeness (QED) is 0.763. The van der Waals surface area contributed by atoms with Crippen molar-refractivity contribution in [1.29, 1.82) is 0 Å². The molecule has 33 heavy (non-hydrogen) atoms. The zero-order chi connectivity index (χ0) is 22.8. The molecule has 2 fully saturated rings. The molecule has 1 aromatic carbocycles. The average molecular weight is 448 g/mol. The number of amides is 2. The highest BCUT2D eigenvalue weighted by molar-refractivity contribution is 5.89. The van der Waals surface area contributed by atoms with Crippen LogP contribution in [0.15, 0.2) is 30.3 Å². The van der Waals surface area contributed by atoms with Crippen molar-refractivity contribution in [2.24, 2.45) is 5.92 Å². The highest BCUT2D eigenvalue weighted by atomic mass is 16.2. The largest absolute Gasteiger partial charge is 0.355 e. The lowest BCUT2D eigenvalue weighted by molar-refractivity contribution is -0.129. The number of rotatable bonds is 5. The summed E-state index contributed by atoms with van der Waals surface area (Å²) in [5, 5.41) is 12.1. The molecule has 2 aliphatic heterocycles. The lowest BCUT2D eigenvalue weighted by Gasteiger charge is -2.33. The fourth-order valence-electron chi connectivity index (χ4n) is 5.34. The van der Waals surface area contributed by atoms with E-state index in [0.717, 1.165) is 55.8 Å². The van der Waals surface area contributed by atoms with Crippen LogP contribution in [0, 0.1) is 12.8 Å². The van der Waals surface area contributed by atoms with Crippen molar-refractivity contribution in [2.75, 3.05) is 24.5 Å². The molecule has 5 rings (SSSR count). The Kier molecular flexibility index (Phi) is 6.29. The standard InChI is InChI=1S/C26H33N5O2/c1-18-5-4-6-19(13-18)16-31-17-21(15-25(31)32)26(33)27-22-9-11-30(12-10-22)24-14-20-7-2-3-8-23(20)28-29-24/h4-6,13-14,21-22H,2-3,7-12,15-17H2,1H3,(H,27,33). The highest BCUT2D eigenvalue weighted by Gasteiger charge is 2.35. The van der Waals surface area contributed by atoms with Crippen molar-refractivity contribution in [2.45, 2.75) is 64.5 Å². The molecule has 174 valence electrons. The Bertz CT molecular complexity index is 1030. The highest BCUT2D eigenvalue weighted by Crippen LogP contribution is 2.25. The lowest BCUT2D eigenvalue weighted by atomic mass is 9.96. The second-order valence-electron chi connectivity index (χ2n) is 9.82. The van der Waals surface area contributed by atoms with Gasteiger partial charge in [-0.05, 0) is 62.6 Å². The normalized spacial score (nSPS) is 21.2. The first-order valence-electron chi connectivity index (χ1n) is 12.3. The Balaban J connectivity index is 1.11. The number of benzene rings is 1. The molecule has 3 heterocycles. The maximum absolute atomic E-state index is 12.9. The number of hydrogen-bond donors (Lipinski definition) is 1. The van der Waals surface area contributed by atoms with Gasteiger partial charge in [0.15, 0.2) is 5.82 Å². The minimum absolute atomic E-state index is 0.0158. The number of piperidine rings is 1. The van der Waals surface area contributed by atoms with E-state index in [4.69, 9.17) is 0 Å². The summed E-state index contributed by atoms with van der Waals surface area (Å²) in [6.07, 6.45) is 6.67. The number of aryl methyl sites for hydroxylation is 3. The fourth-order valence-corrected chi connectivity index (χ4v) is 5.34. The maximum atomic E-state index is 12.9. The maximum Gasteiger partial charge on any atom is 0.225 e. The summed E-state index contributed by atoms with van der Waals surface area (Å²) in [4.78, 5) is 29.5. The predicted octanol–water partition coefficient (Wildman–Crippen LogP) is 2.80.